The standard InChI is InChI=1S/C17H15NO4S/c1-23(21,22)13-6-4-5-12(11-13)17(20)18-10-9-16(19)14-7-2-3-8-15(14)18/h2-8,11H,9-10H2,1H3. The van der Waals surface area contributed by atoms with E-state index in [1.54, 1.807) is 36.4 Å². The Bertz CT molecular complexity index is 902. The molecule has 0 saturated heterocycles. The molecule has 0 atom stereocenters. The van der Waals surface area contributed by atoms with Gasteiger partial charge in [-0.15, -0.1) is 0 Å². The summed E-state index contributed by atoms with van der Waals surface area (Å²) >= 11 is 0. The lowest BCUT2D eigenvalue weighted by molar-refractivity contribution is 0.0955. The van der Waals surface area contributed by atoms with Gasteiger partial charge in [0.1, 0.15) is 0 Å². The molecule has 2 aromatic carbocycles. The van der Waals surface area contributed by atoms with Crippen LogP contribution in [0.15, 0.2) is 53.4 Å². The number of nitrogens with zero attached hydrogens (tertiary/aromatic N) is 1. The number of amides is 1. The summed E-state index contributed by atoms with van der Waals surface area (Å²) in [6, 6.07) is 12.9. The number of benzene rings is 2. The lowest BCUT2D eigenvalue weighted by atomic mass is 9.99. The first-order chi connectivity index (χ1) is 10.9. The number of para-hydroxylation sites is 1. The van der Waals surface area contributed by atoms with Gasteiger partial charge in [0.25, 0.3) is 5.91 Å². The van der Waals surface area contributed by atoms with Crippen LogP contribution in [0.3, 0.4) is 0 Å². The van der Waals surface area contributed by atoms with Crippen molar-refractivity contribution in [3.8, 4) is 0 Å². The zero-order chi connectivity index (χ0) is 16.6. The normalized spacial score (nSPS) is 14.5. The molecule has 6 heteroatoms. The van der Waals surface area contributed by atoms with Crippen molar-refractivity contribution in [3.05, 3.63) is 59.7 Å². The summed E-state index contributed by atoms with van der Waals surface area (Å²) in [6.07, 6.45) is 1.36. The quantitative estimate of drug-likeness (QED) is 0.848. The topological polar surface area (TPSA) is 71.5 Å². The Morgan fingerprint density at radius 1 is 1.09 bits per heavy atom. The third-order valence-electron chi connectivity index (χ3n) is 3.81. The minimum absolute atomic E-state index is 0.00883. The monoisotopic (exact) mass is 329 g/mol. The zero-order valence-electron chi connectivity index (χ0n) is 12.5. The van der Waals surface area contributed by atoms with Crippen LogP contribution in [0, 0.1) is 0 Å². The van der Waals surface area contributed by atoms with Crippen LogP contribution in [-0.2, 0) is 9.84 Å². The van der Waals surface area contributed by atoms with E-state index < -0.39 is 9.84 Å². The van der Waals surface area contributed by atoms with E-state index in [-0.39, 0.29) is 35.1 Å². The molecule has 0 aliphatic carbocycles. The van der Waals surface area contributed by atoms with Crippen LogP contribution in [0.1, 0.15) is 27.1 Å². The van der Waals surface area contributed by atoms with Crippen LogP contribution in [0.5, 0.6) is 0 Å². The van der Waals surface area contributed by atoms with E-state index in [9.17, 15) is 18.0 Å². The summed E-state index contributed by atoms with van der Waals surface area (Å²) in [6.45, 7) is 0.289. The molecule has 5 nitrogen and oxygen atoms in total. The molecule has 0 unspecified atom stereocenters. The Hall–Kier alpha value is -2.47. The summed E-state index contributed by atoms with van der Waals surface area (Å²) in [5, 5.41) is 0. The van der Waals surface area contributed by atoms with Gasteiger partial charge in [-0.1, -0.05) is 18.2 Å². The lowest BCUT2D eigenvalue weighted by Crippen LogP contribution is -2.37. The molecule has 0 saturated carbocycles. The van der Waals surface area contributed by atoms with Crippen molar-refractivity contribution in [2.24, 2.45) is 0 Å². The van der Waals surface area contributed by atoms with Gasteiger partial charge in [0.05, 0.1) is 10.6 Å². The molecule has 0 radical (unpaired) electrons. The Morgan fingerprint density at radius 3 is 2.57 bits per heavy atom. The van der Waals surface area contributed by atoms with Crippen LogP contribution < -0.4 is 4.90 Å². The Kier molecular flexibility index (Phi) is 3.77. The number of hydrogen-bond donors (Lipinski definition) is 0. The van der Waals surface area contributed by atoms with Gasteiger partial charge in [0.2, 0.25) is 0 Å². The second kappa shape index (κ2) is 5.62. The molecular weight excluding hydrogens is 314 g/mol. The van der Waals surface area contributed by atoms with Crippen molar-refractivity contribution in [1.29, 1.82) is 0 Å². The number of rotatable bonds is 2. The highest BCUT2D eigenvalue weighted by Gasteiger charge is 2.27. The molecule has 0 N–H and O–H groups in total. The summed E-state index contributed by atoms with van der Waals surface area (Å²) < 4.78 is 23.3. The number of Topliss-reactive ketones (excluding diaryl/α,β-unsaturated/α-hetero) is 1. The minimum Gasteiger partial charge on any atom is -0.307 e. The Morgan fingerprint density at radius 2 is 1.83 bits per heavy atom. The molecule has 23 heavy (non-hydrogen) atoms. The second-order valence-corrected chi connectivity index (χ2v) is 7.46. The predicted octanol–water partition coefficient (Wildman–Crippen LogP) is 2.32. The number of anilines is 1. The summed E-state index contributed by atoms with van der Waals surface area (Å²) in [4.78, 5) is 26.4. The van der Waals surface area contributed by atoms with Gasteiger partial charge in [-0.3, -0.25) is 9.59 Å². The fourth-order valence-corrected chi connectivity index (χ4v) is 3.31. The first-order valence-electron chi connectivity index (χ1n) is 7.12. The van der Waals surface area contributed by atoms with Crippen molar-refractivity contribution in [2.75, 3.05) is 17.7 Å². The molecule has 3 rings (SSSR count). The smallest absolute Gasteiger partial charge is 0.258 e. The van der Waals surface area contributed by atoms with Gasteiger partial charge >= 0.3 is 0 Å². The van der Waals surface area contributed by atoms with Crippen LogP contribution >= 0.6 is 0 Å². The highest BCUT2D eigenvalue weighted by Crippen LogP contribution is 2.28. The summed E-state index contributed by atoms with van der Waals surface area (Å²) in [7, 11) is -3.38. The maximum Gasteiger partial charge on any atom is 0.258 e. The Balaban J connectivity index is 2.02. The minimum atomic E-state index is -3.38. The first kappa shape index (κ1) is 15.4. The van der Waals surface area contributed by atoms with E-state index >= 15 is 0 Å². The predicted molar refractivity (Wildman–Crippen MR) is 86.6 cm³/mol. The number of ketones is 1. The van der Waals surface area contributed by atoms with Gasteiger partial charge in [0, 0.05) is 30.3 Å². The maximum atomic E-state index is 12.8. The average molecular weight is 329 g/mol. The first-order valence-corrected chi connectivity index (χ1v) is 9.01. The molecular formula is C17H15NO4S. The summed E-state index contributed by atoms with van der Waals surface area (Å²) in [5.74, 6) is -0.301. The van der Waals surface area contributed by atoms with E-state index in [2.05, 4.69) is 0 Å². The molecule has 1 amide bonds. The van der Waals surface area contributed by atoms with Gasteiger partial charge < -0.3 is 4.90 Å². The highest BCUT2D eigenvalue weighted by molar-refractivity contribution is 7.90. The Labute approximate surface area is 134 Å². The van der Waals surface area contributed by atoms with Crippen molar-refractivity contribution < 1.29 is 18.0 Å². The van der Waals surface area contributed by atoms with E-state index in [1.165, 1.54) is 17.0 Å². The second-order valence-electron chi connectivity index (χ2n) is 5.45. The van der Waals surface area contributed by atoms with Crippen molar-refractivity contribution in [1.82, 2.24) is 0 Å². The third-order valence-corrected chi connectivity index (χ3v) is 4.92. The van der Waals surface area contributed by atoms with Crippen LogP contribution in [0.25, 0.3) is 0 Å². The van der Waals surface area contributed by atoms with E-state index in [1.807, 2.05) is 0 Å². The molecule has 118 valence electrons. The zero-order valence-corrected chi connectivity index (χ0v) is 13.3. The third kappa shape index (κ3) is 2.90. The lowest BCUT2D eigenvalue weighted by Gasteiger charge is -2.28. The molecule has 0 bridgehead atoms. The number of fused-ring (bicyclic) bond motifs is 1. The maximum absolute atomic E-state index is 12.8. The molecule has 2 aromatic rings. The average Bonchev–Trinajstić information content (AvgIpc) is 2.54. The molecule has 1 aliphatic heterocycles. The number of hydrogen-bond acceptors (Lipinski definition) is 4. The molecule has 0 aromatic heterocycles. The van der Waals surface area contributed by atoms with Gasteiger partial charge in [0.15, 0.2) is 15.6 Å². The largest absolute Gasteiger partial charge is 0.307 e. The van der Waals surface area contributed by atoms with Crippen molar-refractivity contribution >= 4 is 27.2 Å². The highest BCUT2D eigenvalue weighted by atomic mass is 32.2. The molecule has 0 spiro atoms. The van der Waals surface area contributed by atoms with E-state index in [0.717, 1.165) is 6.26 Å². The van der Waals surface area contributed by atoms with E-state index in [0.29, 0.717) is 11.3 Å². The van der Waals surface area contributed by atoms with Crippen LogP contribution in [-0.4, -0.2) is 32.9 Å². The van der Waals surface area contributed by atoms with Crippen LogP contribution in [0.4, 0.5) is 5.69 Å². The van der Waals surface area contributed by atoms with Gasteiger partial charge in [-0.05, 0) is 30.3 Å². The SMILES string of the molecule is CS(=O)(=O)c1cccc(C(=O)N2CCC(=O)c3ccccc32)c1. The van der Waals surface area contributed by atoms with Crippen LogP contribution in [0.2, 0.25) is 0 Å². The van der Waals surface area contributed by atoms with Crippen molar-refractivity contribution in [2.45, 2.75) is 11.3 Å². The number of carbonyl (C=O) groups excluding carboxylic acids is 2. The summed E-state index contributed by atoms with van der Waals surface area (Å²) in [5.41, 5.74) is 1.38. The fraction of sp³-hybridized carbons (Fsp3) is 0.176. The fourth-order valence-electron chi connectivity index (χ4n) is 2.64. The molecule has 1 heterocycles. The van der Waals surface area contributed by atoms with Crippen molar-refractivity contribution in [3.63, 3.8) is 0 Å². The number of carbonyl (C=O) groups is 2. The van der Waals surface area contributed by atoms with Gasteiger partial charge in [-0.25, -0.2) is 8.42 Å². The van der Waals surface area contributed by atoms with Gasteiger partial charge in [-0.2, -0.15) is 0 Å². The number of sulfone groups is 1. The molecule has 0 fully saturated rings. The molecule has 1 aliphatic rings. The van der Waals surface area contributed by atoms with E-state index in [4.69, 9.17) is 0 Å².